The monoisotopic (exact) mass is 416 g/mol. The molecule has 3 rings (SSSR count). The molecule has 0 radical (unpaired) electrons. The molecule has 0 fully saturated rings. The molecule has 9 heteroatoms. The Bertz CT molecular complexity index is 1030. The first-order valence-corrected chi connectivity index (χ1v) is 11.1. The highest BCUT2D eigenvalue weighted by Gasteiger charge is 2.14. The second kappa shape index (κ2) is 8.94. The molecule has 7 nitrogen and oxygen atoms in total. The molecule has 0 aliphatic carbocycles. The number of hydrogen-bond acceptors (Lipinski definition) is 6. The molecular formula is C19H20N4O3S2. The molecule has 0 atom stereocenters. The third kappa shape index (κ3) is 5.14. The predicted molar refractivity (Wildman–Crippen MR) is 110 cm³/mol. The molecule has 1 aromatic heterocycles. The summed E-state index contributed by atoms with van der Waals surface area (Å²) in [5.41, 5.74) is 0.770. The largest absolute Gasteiger partial charge is 0.296 e. The number of amides is 1. The summed E-state index contributed by atoms with van der Waals surface area (Å²) in [4.78, 5) is 12.5. The number of hydrogen-bond donors (Lipinski definition) is 2. The number of carbonyl (C=O) groups excluding carboxylic acids is 1. The van der Waals surface area contributed by atoms with Crippen LogP contribution in [0.4, 0.5) is 10.8 Å². The second-order valence-electron chi connectivity index (χ2n) is 6.05. The molecule has 0 unspecified atom stereocenters. The first-order valence-electron chi connectivity index (χ1n) is 8.79. The lowest BCUT2D eigenvalue weighted by atomic mass is 10.2. The Morgan fingerprint density at radius 2 is 1.75 bits per heavy atom. The van der Waals surface area contributed by atoms with Crippen LogP contribution in [0.25, 0.3) is 0 Å². The summed E-state index contributed by atoms with van der Waals surface area (Å²) in [6.45, 7) is 2.10. The number of aryl methyl sites for hydroxylation is 1. The third-order valence-corrected chi connectivity index (χ3v) is 6.18. The number of carbonyl (C=O) groups is 1. The van der Waals surface area contributed by atoms with Crippen LogP contribution < -0.4 is 10.0 Å². The first-order chi connectivity index (χ1) is 13.5. The van der Waals surface area contributed by atoms with Crippen molar-refractivity contribution in [1.82, 2.24) is 10.2 Å². The summed E-state index contributed by atoms with van der Waals surface area (Å²) >= 11 is 1.36. The zero-order valence-corrected chi connectivity index (χ0v) is 16.9. The number of unbranched alkanes of at least 4 members (excludes halogenated alkanes) is 1. The summed E-state index contributed by atoms with van der Waals surface area (Å²) in [5.74, 6) is -0.323. The molecule has 0 aliphatic rings. The number of sulfonamides is 1. The molecule has 1 heterocycles. The van der Waals surface area contributed by atoms with Crippen molar-refractivity contribution < 1.29 is 13.2 Å². The minimum absolute atomic E-state index is 0.173. The Balaban J connectivity index is 1.63. The van der Waals surface area contributed by atoms with Gasteiger partial charge in [-0.05, 0) is 42.8 Å². The van der Waals surface area contributed by atoms with Crippen molar-refractivity contribution in [3.63, 3.8) is 0 Å². The van der Waals surface area contributed by atoms with Gasteiger partial charge in [0.1, 0.15) is 5.01 Å². The van der Waals surface area contributed by atoms with Gasteiger partial charge in [-0.15, -0.1) is 10.2 Å². The van der Waals surface area contributed by atoms with Gasteiger partial charge < -0.3 is 0 Å². The van der Waals surface area contributed by atoms with Gasteiger partial charge in [0.25, 0.3) is 15.9 Å². The Kier molecular flexibility index (Phi) is 6.37. The van der Waals surface area contributed by atoms with Crippen molar-refractivity contribution in [1.29, 1.82) is 0 Å². The quantitative estimate of drug-likeness (QED) is 0.579. The van der Waals surface area contributed by atoms with Gasteiger partial charge >= 0.3 is 0 Å². The predicted octanol–water partition coefficient (Wildman–Crippen LogP) is 3.93. The van der Waals surface area contributed by atoms with Crippen molar-refractivity contribution in [2.75, 3.05) is 10.0 Å². The molecule has 2 N–H and O–H groups in total. The van der Waals surface area contributed by atoms with Crippen LogP contribution in [0.15, 0.2) is 59.5 Å². The lowest BCUT2D eigenvalue weighted by Gasteiger charge is -2.08. The van der Waals surface area contributed by atoms with E-state index in [9.17, 15) is 13.2 Å². The Hall–Kier alpha value is -2.78. The molecule has 2 aromatic carbocycles. The van der Waals surface area contributed by atoms with E-state index < -0.39 is 10.0 Å². The summed E-state index contributed by atoms with van der Waals surface area (Å²) in [6.07, 6.45) is 2.95. The van der Waals surface area contributed by atoms with Crippen LogP contribution in [0.2, 0.25) is 0 Å². The molecule has 0 bridgehead atoms. The van der Waals surface area contributed by atoms with Crippen LogP contribution in [-0.2, 0) is 16.4 Å². The maximum atomic E-state index is 12.3. The topological polar surface area (TPSA) is 101 Å². The molecular weight excluding hydrogens is 396 g/mol. The number of nitrogens with one attached hydrogen (secondary N) is 2. The molecule has 3 aromatic rings. The van der Waals surface area contributed by atoms with Crippen molar-refractivity contribution in [2.45, 2.75) is 31.1 Å². The van der Waals surface area contributed by atoms with Crippen molar-refractivity contribution in [2.24, 2.45) is 0 Å². The van der Waals surface area contributed by atoms with E-state index >= 15 is 0 Å². The van der Waals surface area contributed by atoms with Crippen molar-refractivity contribution in [3.05, 3.63) is 65.2 Å². The van der Waals surface area contributed by atoms with Crippen LogP contribution in [0, 0.1) is 0 Å². The standard InChI is InChI=1S/C19H20N4O3S2/c1-2-3-9-17-21-22-19(27-17)20-18(24)14-10-12-15(13-11-14)23-28(25,26)16-7-5-4-6-8-16/h4-8,10-13,23H,2-3,9H2,1H3,(H,20,22,24). The van der Waals surface area contributed by atoms with E-state index in [2.05, 4.69) is 27.2 Å². The average Bonchev–Trinajstić information content (AvgIpc) is 3.14. The number of benzene rings is 2. The Morgan fingerprint density at radius 1 is 1.04 bits per heavy atom. The minimum atomic E-state index is -3.67. The molecule has 0 aliphatic heterocycles. The van der Waals surface area contributed by atoms with Crippen LogP contribution in [0.5, 0.6) is 0 Å². The summed E-state index contributed by atoms with van der Waals surface area (Å²) < 4.78 is 27.2. The second-order valence-corrected chi connectivity index (χ2v) is 8.80. The average molecular weight is 417 g/mol. The van der Waals surface area contributed by atoms with E-state index in [0.717, 1.165) is 24.3 Å². The zero-order chi connectivity index (χ0) is 20.0. The highest BCUT2D eigenvalue weighted by Crippen LogP contribution is 2.20. The van der Waals surface area contributed by atoms with E-state index in [0.29, 0.717) is 16.4 Å². The van der Waals surface area contributed by atoms with Crippen LogP contribution in [0.3, 0.4) is 0 Å². The van der Waals surface area contributed by atoms with E-state index in [1.807, 2.05) is 0 Å². The van der Waals surface area contributed by atoms with Gasteiger partial charge in [0.15, 0.2) is 0 Å². The summed E-state index contributed by atoms with van der Waals surface area (Å²) in [5, 5.41) is 12.1. The maximum absolute atomic E-state index is 12.3. The van der Waals surface area contributed by atoms with Gasteiger partial charge in [0.2, 0.25) is 5.13 Å². The molecule has 146 valence electrons. The van der Waals surface area contributed by atoms with Crippen molar-refractivity contribution >= 4 is 38.1 Å². The summed E-state index contributed by atoms with van der Waals surface area (Å²) in [6, 6.07) is 14.3. The van der Waals surface area contributed by atoms with Gasteiger partial charge in [-0.3, -0.25) is 14.8 Å². The summed E-state index contributed by atoms with van der Waals surface area (Å²) in [7, 11) is -3.67. The van der Waals surface area contributed by atoms with Gasteiger partial charge in [0, 0.05) is 17.7 Å². The molecule has 0 saturated carbocycles. The van der Waals surface area contributed by atoms with Crippen LogP contribution in [-0.4, -0.2) is 24.5 Å². The Labute approximate surface area is 167 Å². The highest BCUT2D eigenvalue weighted by atomic mass is 32.2. The number of rotatable bonds is 8. The first kappa shape index (κ1) is 20.0. The van der Waals surface area contributed by atoms with E-state index in [1.54, 1.807) is 42.5 Å². The number of anilines is 2. The van der Waals surface area contributed by atoms with Gasteiger partial charge in [-0.25, -0.2) is 8.42 Å². The van der Waals surface area contributed by atoms with Crippen LogP contribution in [0.1, 0.15) is 35.1 Å². The van der Waals surface area contributed by atoms with E-state index in [4.69, 9.17) is 0 Å². The maximum Gasteiger partial charge on any atom is 0.261 e. The Morgan fingerprint density at radius 3 is 2.43 bits per heavy atom. The molecule has 1 amide bonds. The van der Waals surface area contributed by atoms with E-state index in [-0.39, 0.29) is 10.8 Å². The van der Waals surface area contributed by atoms with E-state index in [1.165, 1.54) is 23.5 Å². The normalized spacial score (nSPS) is 11.2. The molecule has 28 heavy (non-hydrogen) atoms. The van der Waals surface area contributed by atoms with Crippen LogP contribution >= 0.6 is 11.3 Å². The van der Waals surface area contributed by atoms with Gasteiger partial charge in [-0.2, -0.15) is 0 Å². The fourth-order valence-electron chi connectivity index (χ4n) is 2.41. The number of aromatic nitrogens is 2. The smallest absolute Gasteiger partial charge is 0.261 e. The van der Waals surface area contributed by atoms with Gasteiger partial charge in [-0.1, -0.05) is 42.9 Å². The van der Waals surface area contributed by atoms with Gasteiger partial charge in [0.05, 0.1) is 4.90 Å². The minimum Gasteiger partial charge on any atom is -0.296 e. The SMILES string of the molecule is CCCCc1nnc(NC(=O)c2ccc(NS(=O)(=O)c3ccccc3)cc2)s1. The third-order valence-electron chi connectivity index (χ3n) is 3.88. The highest BCUT2D eigenvalue weighted by molar-refractivity contribution is 7.92. The van der Waals surface area contributed by atoms with Crippen molar-refractivity contribution in [3.8, 4) is 0 Å². The zero-order valence-electron chi connectivity index (χ0n) is 15.3. The lowest BCUT2D eigenvalue weighted by Crippen LogP contribution is -2.14. The lowest BCUT2D eigenvalue weighted by molar-refractivity contribution is 0.102. The fourth-order valence-corrected chi connectivity index (χ4v) is 4.26. The molecule has 0 spiro atoms. The number of nitrogens with zero attached hydrogens (tertiary/aromatic N) is 2. The molecule has 0 saturated heterocycles. The fraction of sp³-hybridized carbons (Fsp3) is 0.211.